The zero-order valence-electron chi connectivity index (χ0n) is 10.7. The van der Waals surface area contributed by atoms with E-state index in [0.29, 0.717) is 18.7 Å². The number of carbonyl (C=O) groups excluding carboxylic acids is 1. The van der Waals surface area contributed by atoms with Gasteiger partial charge in [-0.1, -0.05) is 19.9 Å². The van der Waals surface area contributed by atoms with Gasteiger partial charge >= 0.3 is 0 Å². The predicted molar refractivity (Wildman–Crippen MR) is 66.7 cm³/mol. The van der Waals surface area contributed by atoms with Gasteiger partial charge in [-0.25, -0.2) is 4.39 Å². The van der Waals surface area contributed by atoms with Crippen molar-refractivity contribution in [1.29, 1.82) is 0 Å². The lowest BCUT2D eigenvalue weighted by atomic mass is 9.80. The first-order valence-electron chi connectivity index (χ1n) is 6.13. The van der Waals surface area contributed by atoms with E-state index in [4.69, 9.17) is 0 Å². The van der Waals surface area contributed by atoms with Gasteiger partial charge in [0.05, 0.1) is 6.10 Å². The average molecular weight is 251 g/mol. The SMILES string of the molecule is CC1(C)CCN(C(=O)c2cccc(F)c2)CC1O. The van der Waals surface area contributed by atoms with E-state index in [1.165, 1.54) is 18.2 Å². The summed E-state index contributed by atoms with van der Waals surface area (Å²) in [6.07, 6.45) is 0.207. The number of nitrogens with zero attached hydrogens (tertiary/aromatic N) is 1. The number of amides is 1. The molecule has 2 rings (SSSR count). The Morgan fingerprint density at radius 3 is 2.83 bits per heavy atom. The van der Waals surface area contributed by atoms with E-state index in [9.17, 15) is 14.3 Å². The van der Waals surface area contributed by atoms with Crippen molar-refractivity contribution in [3.63, 3.8) is 0 Å². The molecule has 1 fully saturated rings. The van der Waals surface area contributed by atoms with Crippen LogP contribution in [0.25, 0.3) is 0 Å². The Kier molecular flexibility index (Phi) is 3.39. The largest absolute Gasteiger partial charge is 0.391 e. The lowest BCUT2D eigenvalue weighted by molar-refractivity contribution is -0.0190. The molecule has 0 aromatic heterocycles. The maximum Gasteiger partial charge on any atom is 0.254 e. The van der Waals surface area contributed by atoms with Gasteiger partial charge in [0.15, 0.2) is 0 Å². The van der Waals surface area contributed by atoms with Crippen LogP contribution in [0.5, 0.6) is 0 Å². The number of aliphatic hydroxyl groups is 1. The van der Waals surface area contributed by atoms with Gasteiger partial charge in [0.25, 0.3) is 5.91 Å². The topological polar surface area (TPSA) is 40.5 Å². The van der Waals surface area contributed by atoms with Crippen molar-refractivity contribution in [1.82, 2.24) is 4.90 Å². The summed E-state index contributed by atoms with van der Waals surface area (Å²) in [7, 11) is 0. The lowest BCUT2D eigenvalue weighted by Gasteiger charge is -2.41. The molecule has 0 radical (unpaired) electrons. The summed E-state index contributed by atoms with van der Waals surface area (Å²) in [5.41, 5.74) is 0.167. The van der Waals surface area contributed by atoms with Crippen molar-refractivity contribution >= 4 is 5.91 Å². The zero-order chi connectivity index (χ0) is 13.3. The molecule has 0 aliphatic carbocycles. The molecule has 18 heavy (non-hydrogen) atoms. The Balaban J connectivity index is 2.12. The van der Waals surface area contributed by atoms with Crippen molar-refractivity contribution in [2.24, 2.45) is 5.41 Å². The minimum Gasteiger partial charge on any atom is -0.391 e. The fourth-order valence-electron chi connectivity index (χ4n) is 2.13. The van der Waals surface area contributed by atoms with Crippen LogP contribution in [0.3, 0.4) is 0 Å². The highest BCUT2D eigenvalue weighted by molar-refractivity contribution is 5.94. The van der Waals surface area contributed by atoms with Crippen LogP contribution in [0, 0.1) is 11.2 Å². The van der Waals surface area contributed by atoms with Crippen molar-refractivity contribution < 1.29 is 14.3 Å². The molecule has 1 amide bonds. The highest BCUT2D eigenvalue weighted by Crippen LogP contribution is 2.30. The molecule has 1 aromatic carbocycles. The van der Waals surface area contributed by atoms with Crippen LogP contribution in [0.15, 0.2) is 24.3 Å². The number of rotatable bonds is 1. The molecule has 0 bridgehead atoms. The smallest absolute Gasteiger partial charge is 0.254 e. The van der Waals surface area contributed by atoms with Gasteiger partial charge in [0.1, 0.15) is 5.82 Å². The second-order valence-corrected chi connectivity index (χ2v) is 5.52. The van der Waals surface area contributed by atoms with Gasteiger partial charge in [-0.15, -0.1) is 0 Å². The molecule has 1 aliphatic heterocycles. The molecule has 1 heterocycles. The number of carbonyl (C=O) groups is 1. The summed E-state index contributed by atoms with van der Waals surface area (Å²) in [5.74, 6) is -0.636. The third-order valence-electron chi connectivity index (χ3n) is 3.68. The third kappa shape index (κ3) is 2.53. The van der Waals surface area contributed by atoms with Crippen LogP contribution in [-0.4, -0.2) is 35.1 Å². The molecule has 1 aromatic rings. The van der Waals surface area contributed by atoms with Crippen LogP contribution in [0.1, 0.15) is 30.6 Å². The van der Waals surface area contributed by atoms with Gasteiger partial charge in [-0.2, -0.15) is 0 Å². The molecule has 1 unspecified atom stereocenters. The molecule has 1 atom stereocenters. The molecular weight excluding hydrogens is 233 g/mol. The van der Waals surface area contributed by atoms with Crippen molar-refractivity contribution in [2.45, 2.75) is 26.4 Å². The summed E-state index contributed by atoms with van der Waals surface area (Å²) in [6, 6.07) is 5.66. The van der Waals surface area contributed by atoms with Gasteiger partial charge in [-0.05, 0) is 30.0 Å². The maximum atomic E-state index is 13.1. The fourth-order valence-corrected chi connectivity index (χ4v) is 2.13. The first-order chi connectivity index (χ1) is 8.40. The summed E-state index contributed by atoms with van der Waals surface area (Å²) in [4.78, 5) is 13.7. The van der Waals surface area contributed by atoms with Crippen molar-refractivity contribution in [3.05, 3.63) is 35.6 Å². The molecule has 1 saturated heterocycles. The number of piperidine rings is 1. The third-order valence-corrected chi connectivity index (χ3v) is 3.68. The first-order valence-corrected chi connectivity index (χ1v) is 6.13. The van der Waals surface area contributed by atoms with Crippen LogP contribution >= 0.6 is 0 Å². The fraction of sp³-hybridized carbons (Fsp3) is 0.500. The van der Waals surface area contributed by atoms with E-state index in [-0.39, 0.29) is 11.3 Å². The monoisotopic (exact) mass is 251 g/mol. The second kappa shape index (κ2) is 4.69. The molecule has 4 heteroatoms. The van der Waals surface area contributed by atoms with Crippen molar-refractivity contribution in [2.75, 3.05) is 13.1 Å². The maximum absolute atomic E-state index is 13.1. The highest BCUT2D eigenvalue weighted by atomic mass is 19.1. The highest BCUT2D eigenvalue weighted by Gasteiger charge is 2.36. The summed E-state index contributed by atoms with van der Waals surface area (Å²) in [5, 5.41) is 9.99. The van der Waals surface area contributed by atoms with E-state index in [1.807, 2.05) is 13.8 Å². The Bertz CT molecular complexity index is 459. The van der Waals surface area contributed by atoms with Crippen molar-refractivity contribution in [3.8, 4) is 0 Å². The van der Waals surface area contributed by atoms with E-state index in [2.05, 4.69) is 0 Å². The summed E-state index contributed by atoms with van der Waals surface area (Å²) in [6.45, 7) is 4.88. The molecule has 98 valence electrons. The average Bonchev–Trinajstić information content (AvgIpc) is 2.32. The summed E-state index contributed by atoms with van der Waals surface area (Å²) < 4.78 is 13.1. The number of likely N-dealkylation sites (tertiary alicyclic amines) is 1. The Morgan fingerprint density at radius 1 is 1.50 bits per heavy atom. The molecule has 0 saturated carbocycles. The van der Waals surface area contributed by atoms with Crippen LogP contribution in [0.2, 0.25) is 0 Å². The van der Waals surface area contributed by atoms with Crippen LogP contribution in [-0.2, 0) is 0 Å². The van der Waals surface area contributed by atoms with E-state index in [0.717, 1.165) is 6.42 Å². The lowest BCUT2D eigenvalue weighted by Crippen LogP contribution is -2.50. The minimum absolute atomic E-state index is 0.168. The Morgan fingerprint density at radius 2 is 2.22 bits per heavy atom. The second-order valence-electron chi connectivity index (χ2n) is 5.52. The number of benzene rings is 1. The number of halogens is 1. The Hall–Kier alpha value is -1.42. The molecule has 3 nitrogen and oxygen atoms in total. The predicted octanol–water partition coefficient (Wildman–Crippen LogP) is 2.06. The van der Waals surface area contributed by atoms with Gasteiger partial charge in [-0.3, -0.25) is 4.79 Å². The normalized spacial score (nSPS) is 22.9. The van der Waals surface area contributed by atoms with Crippen LogP contribution in [0.4, 0.5) is 4.39 Å². The molecule has 1 N–H and O–H groups in total. The van der Waals surface area contributed by atoms with E-state index < -0.39 is 11.9 Å². The van der Waals surface area contributed by atoms with Gasteiger partial charge in [0, 0.05) is 18.7 Å². The van der Waals surface area contributed by atoms with Crippen LogP contribution < -0.4 is 0 Å². The quantitative estimate of drug-likeness (QED) is 0.830. The Labute approximate surface area is 106 Å². The number of hydrogen-bond acceptors (Lipinski definition) is 2. The summed E-state index contributed by atoms with van der Waals surface area (Å²) >= 11 is 0. The molecular formula is C14H18FNO2. The first kappa shape index (κ1) is 13.0. The molecule has 0 spiro atoms. The minimum atomic E-state index is -0.538. The van der Waals surface area contributed by atoms with Gasteiger partial charge in [0.2, 0.25) is 0 Å². The molecule has 1 aliphatic rings. The number of hydrogen-bond donors (Lipinski definition) is 1. The number of aliphatic hydroxyl groups excluding tert-OH is 1. The van der Waals surface area contributed by atoms with E-state index >= 15 is 0 Å². The standard InChI is InChI=1S/C14H18FNO2/c1-14(2)6-7-16(9-12(14)17)13(18)10-4-3-5-11(15)8-10/h3-5,8,12,17H,6-7,9H2,1-2H3. The van der Waals surface area contributed by atoms with Gasteiger partial charge < -0.3 is 10.0 Å². The zero-order valence-corrected chi connectivity index (χ0v) is 10.7. The number of β-amino-alcohol motifs (C(OH)–C–C–N with tert-alkyl or cyclic N) is 1. The van der Waals surface area contributed by atoms with E-state index in [1.54, 1.807) is 11.0 Å².